The van der Waals surface area contributed by atoms with E-state index in [4.69, 9.17) is 5.11 Å². The monoisotopic (exact) mass is 303 g/mol. The largest absolute Gasteiger partial charge is 0.480 e. The number of carboxylic acid groups (broad SMARTS) is 1. The molecule has 116 valence electrons. The highest BCUT2D eigenvalue weighted by atomic mass is 19.4. The van der Waals surface area contributed by atoms with Crippen LogP contribution in [0.4, 0.5) is 13.2 Å². The number of amides is 1. The molecular weight excluding hydrogens is 287 g/mol. The summed E-state index contributed by atoms with van der Waals surface area (Å²) in [5.74, 6) is -1.94. The van der Waals surface area contributed by atoms with E-state index >= 15 is 0 Å². The summed E-state index contributed by atoms with van der Waals surface area (Å²) in [6, 6.07) is 3.59. The lowest BCUT2D eigenvalue weighted by Crippen LogP contribution is -2.41. The topological polar surface area (TPSA) is 57.6 Å². The summed E-state index contributed by atoms with van der Waals surface area (Å²) in [4.78, 5) is 24.1. The highest BCUT2D eigenvalue weighted by molar-refractivity contribution is 5.96. The van der Waals surface area contributed by atoms with Gasteiger partial charge in [0.15, 0.2) is 0 Å². The van der Waals surface area contributed by atoms with Crippen LogP contribution in [0.1, 0.15) is 36.2 Å². The van der Waals surface area contributed by atoms with Crippen LogP contribution in [0.3, 0.4) is 0 Å². The summed E-state index contributed by atoms with van der Waals surface area (Å²) in [7, 11) is 0. The molecule has 1 rings (SSSR count). The molecule has 0 aromatic heterocycles. The van der Waals surface area contributed by atoms with Crippen molar-refractivity contribution < 1.29 is 27.9 Å². The van der Waals surface area contributed by atoms with E-state index in [0.717, 1.165) is 23.1 Å². The molecule has 21 heavy (non-hydrogen) atoms. The van der Waals surface area contributed by atoms with Crippen molar-refractivity contribution in [3.8, 4) is 0 Å². The standard InChI is InChI=1S/C14H16F3NO3/c1-3-9(2)18(8-12(19)20)13(21)10-5-4-6-11(7-10)14(15,16)17/h4-7,9H,3,8H2,1-2H3,(H,19,20). The van der Waals surface area contributed by atoms with Gasteiger partial charge in [-0.1, -0.05) is 13.0 Å². The highest BCUT2D eigenvalue weighted by Gasteiger charge is 2.32. The lowest BCUT2D eigenvalue weighted by atomic mass is 10.1. The molecule has 0 heterocycles. The molecule has 1 atom stereocenters. The third-order valence-corrected chi connectivity index (χ3v) is 3.13. The maximum atomic E-state index is 12.6. The van der Waals surface area contributed by atoms with Crippen LogP contribution in [0.5, 0.6) is 0 Å². The van der Waals surface area contributed by atoms with Crippen molar-refractivity contribution in [2.45, 2.75) is 32.5 Å². The van der Waals surface area contributed by atoms with Crippen molar-refractivity contribution in [2.75, 3.05) is 6.54 Å². The average Bonchev–Trinajstić information content (AvgIpc) is 2.42. The van der Waals surface area contributed by atoms with Gasteiger partial charge in [0.2, 0.25) is 0 Å². The molecule has 1 aromatic rings. The molecule has 7 heteroatoms. The minimum atomic E-state index is -4.55. The first kappa shape index (κ1) is 17.0. The normalized spacial score (nSPS) is 12.8. The van der Waals surface area contributed by atoms with Gasteiger partial charge in [0.05, 0.1) is 5.56 Å². The predicted molar refractivity (Wildman–Crippen MR) is 69.9 cm³/mol. The second-order valence-corrected chi connectivity index (χ2v) is 4.66. The van der Waals surface area contributed by atoms with Crippen molar-refractivity contribution in [3.63, 3.8) is 0 Å². The molecule has 0 saturated heterocycles. The van der Waals surface area contributed by atoms with Crippen LogP contribution in [0.2, 0.25) is 0 Å². The molecule has 1 aromatic carbocycles. The van der Waals surface area contributed by atoms with Gasteiger partial charge in [-0.25, -0.2) is 0 Å². The van der Waals surface area contributed by atoms with E-state index in [1.54, 1.807) is 13.8 Å². The van der Waals surface area contributed by atoms with Crippen molar-refractivity contribution >= 4 is 11.9 Å². The van der Waals surface area contributed by atoms with Crippen molar-refractivity contribution in [3.05, 3.63) is 35.4 Å². The molecule has 1 N–H and O–H groups in total. The number of rotatable bonds is 5. The summed E-state index contributed by atoms with van der Waals surface area (Å²) in [6.45, 7) is 2.86. The number of carbonyl (C=O) groups is 2. The number of carboxylic acids is 1. The summed E-state index contributed by atoms with van der Waals surface area (Å²) >= 11 is 0. The third kappa shape index (κ3) is 4.47. The van der Waals surface area contributed by atoms with Crippen molar-refractivity contribution in [1.82, 2.24) is 4.90 Å². The Morgan fingerprint density at radius 3 is 2.43 bits per heavy atom. The molecule has 1 unspecified atom stereocenters. The minimum absolute atomic E-state index is 0.175. The van der Waals surface area contributed by atoms with Gasteiger partial charge in [-0.05, 0) is 31.5 Å². The van der Waals surface area contributed by atoms with E-state index in [-0.39, 0.29) is 11.6 Å². The van der Waals surface area contributed by atoms with Crippen LogP contribution < -0.4 is 0 Å². The van der Waals surface area contributed by atoms with Crippen molar-refractivity contribution in [2.24, 2.45) is 0 Å². The van der Waals surface area contributed by atoms with Gasteiger partial charge in [-0.3, -0.25) is 9.59 Å². The number of aliphatic carboxylic acids is 1. The Morgan fingerprint density at radius 1 is 1.33 bits per heavy atom. The van der Waals surface area contributed by atoms with Gasteiger partial charge >= 0.3 is 12.1 Å². The summed E-state index contributed by atoms with van der Waals surface area (Å²) in [5, 5.41) is 8.83. The maximum absolute atomic E-state index is 12.6. The number of hydrogen-bond acceptors (Lipinski definition) is 2. The lowest BCUT2D eigenvalue weighted by molar-refractivity contribution is -0.139. The molecular formula is C14H16F3NO3. The van der Waals surface area contributed by atoms with Gasteiger partial charge in [0.1, 0.15) is 6.54 Å². The number of halogens is 3. The Balaban J connectivity index is 3.12. The van der Waals surface area contributed by atoms with Gasteiger partial charge < -0.3 is 10.0 Å². The number of nitrogens with zero attached hydrogens (tertiary/aromatic N) is 1. The fourth-order valence-electron chi connectivity index (χ4n) is 1.79. The first-order valence-electron chi connectivity index (χ1n) is 6.36. The lowest BCUT2D eigenvalue weighted by Gasteiger charge is -2.27. The van der Waals surface area contributed by atoms with Crippen LogP contribution in [-0.2, 0) is 11.0 Å². The van der Waals surface area contributed by atoms with E-state index in [1.807, 2.05) is 0 Å². The van der Waals surface area contributed by atoms with Crippen LogP contribution >= 0.6 is 0 Å². The molecule has 0 aliphatic carbocycles. The van der Waals surface area contributed by atoms with Crippen LogP contribution in [0.15, 0.2) is 24.3 Å². The molecule has 0 saturated carbocycles. The Labute approximate surface area is 120 Å². The third-order valence-electron chi connectivity index (χ3n) is 3.13. The Bertz CT molecular complexity index is 528. The van der Waals surface area contributed by atoms with Gasteiger partial charge in [0, 0.05) is 11.6 Å². The summed E-state index contributed by atoms with van der Waals surface area (Å²) in [5.41, 5.74) is -1.11. The zero-order valence-corrected chi connectivity index (χ0v) is 11.6. The Morgan fingerprint density at radius 2 is 1.95 bits per heavy atom. The second-order valence-electron chi connectivity index (χ2n) is 4.66. The summed E-state index contributed by atoms with van der Waals surface area (Å²) < 4.78 is 37.9. The maximum Gasteiger partial charge on any atom is 0.416 e. The molecule has 0 aliphatic heterocycles. The molecule has 4 nitrogen and oxygen atoms in total. The summed E-state index contributed by atoms with van der Waals surface area (Å²) in [6.07, 6.45) is -4.05. The number of alkyl halides is 3. The molecule has 0 bridgehead atoms. The molecule has 0 radical (unpaired) electrons. The van der Waals surface area contributed by atoms with Gasteiger partial charge in [0.25, 0.3) is 5.91 Å². The zero-order valence-electron chi connectivity index (χ0n) is 11.6. The average molecular weight is 303 g/mol. The number of carbonyl (C=O) groups excluding carboxylic acids is 1. The number of benzene rings is 1. The fourth-order valence-corrected chi connectivity index (χ4v) is 1.79. The quantitative estimate of drug-likeness (QED) is 0.909. The minimum Gasteiger partial charge on any atom is -0.480 e. The molecule has 0 fully saturated rings. The van der Waals surface area contributed by atoms with E-state index in [9.17, 15) is 22.8 Å². The van der Waals surface area contributed by atoms with Gasteiger partial charge in [-0.2, -0.15) is 13.2 Å². The smallest absolute Gasteiger partial charge is 0.416 e. The van der Waals surface area contributed by atoms with Crippen LogP contribution in [0.25, 0.3) is 0 Å². The van der Waals surface area contributed by atoms with Crippen LogP contribution in [0, 0.1) is 0 Å². The highest BCUT2D eigenvalue weighted by Crippen LogP contribution is 2.29. The first-order valence-corrected chi connectivity index (χ1v) is 6.36. The Kier molecular flexibility index (Phi) is 5.34. The van der Waals surface area contributed by atoms with Gasteiger partial charge in [-0.15, -0.1) is 0 Å². The van der Waals surface area contributed by atoms with E-state index in [1.165, 1.54) is 6.07 Å². The first-order chi connectivity index (χ1) is 9.66. The van der Waals surface area contributed by atoms with E-state index in [2.05, 4.69) is 0 Å². The molecule has 1 amide bonds. The molecule has 0 spiro atoms. The van der Waals surface area contributed by atoms with E-state index in [0.29, 0.717) is 6.42 Å². The Hall–Kier alpha value is -2.05. The van der Waals surface area contributed by atoms with Crippen LogP contribution in [-0.4, -0.2) is 34.5 Å². The second kappa shape index (κ2) is 6.60. The zero-order chi connectivity index (χ0) is 16.2. The predicted octanol–water partition coefficient (Wildman–Crippen LogP) is 3.03. The van der Waals surface area contributed by atoms with Crippen molar-refractivity contribution in [1.29, 1.82) is 0 Å². The van der Waals surface area contributed by atoms with E-state index < -0.39 is 30.2 Å². The molecule has 0 aliphatic rings. The number of hydrogen-bond donors (Lipinski definition) is 1. The SMILES string of the molecule is CCC(C)N(CC(=O)O)C(=O)c1cccc(C(F)(F)F)c1. The fraction of sp³-hybridized carbons (Fsp3) is 0.429.